The van der Waals surface area contributed by atoms with Crippen molar-refractivity contribution in [2.75, 3.05) is 0 Å². The van der Waals surface area contributed by atoms with Crippen molar-refractivity contribution in [3.63, 3.8) is 0 Å². The molecule has 0 radical (unpaired) electrons. The van der Waals surface area contributed by atoms with Crippen LogP contribution in [0.15, 0.2) is 18.5 Å². The molecule has 4 nitrogen and oxygen atoms in total. The number of aromatic nitrogens is 1. The molecular weight excluding hydrogens is 238 g/mol. The topological polar surface area (TPSA) is 60.2 Å². The van der Waals surface area contributed by atoms with Crippen molar-refractivity contribution < 1.29 is 4.74 Å². The summed E-state index contributed by atoms with van der Waals surface area (Å²) >= 11 is 0. The standard InChI is InChI=1S/C15H23N3O/c1-9(2)19-11-6-10(7-17-8-11)15(18-16)14-12-4-3-5-13(12)14/h6-9,12-15,18H,3-5,16H2,1-2H3. The van der Waals surface area contributed by atoms with Crippen LogP contribution in [0, 0.1) is 17.8 Å². The van der Waals surface area contributed by atoms with Crippen LogP contribution in [0.1, 0.15) is 44.7 Å². The lowest BCUT2D eigenvalue weighted by Crippen LogP contribution is -2.30. The fourth-order valence-corrected chi connectivity index (χ4v) is 3.74. The Bertz CT molecular complexity index is 439. The number of nitrogens with zero attached hydrogens (tertiary/aromatic N) is 1. The molecule has 3 N–H and O–H groups in total. The highest BCUT2D eigenvalue weighted by atomic mass is 16.5. The Morgan fingerprint density at radius 1 is 1.32 bits per heavy atom. The summed E-state index contributed by atoms with van der Waals surface area (Å²) in [5, 5.41) is 0. The molecule has 2 saturated carbocycles. The number of ether oxygens (including phenoxy) is 1. The van der Waals surface area contributed by atoms with Gasteiger partial charge >= 0.3 is 0 Å². The summed E-state index contributed by atoms with van der Waals surface area (Å²) in [6.45, 7) is 4.05. The maximum absolute atomic E-state index is 5.78. The largest absolute Gasteiger partial charge is 0.489 e. The van der Waals surface area contributed by atoms with Crippen LogP contribution >= 0.6 is 0 Å². The first-order valence-electron chi connectivity index (χ1n) is 7.28. The number of hydrogen-bond acceptors (Lipinski definition) is 4. The van der Waals surface area contributed by atoms with E-state index in [4.69, 9.17) is 10.6 Å². The molecule has 2 fully saturated rings. The van der Waals surface area contributed by atoms with Crippen molar-refractivity contribution in [2.24, 2.45) is 23.6 Å². The van der Waals surface area contributed by atoms with E-state index in [-0.39, 0.29) is 12.1 Å². The molecule has 104 valence electrons. The van der Waals surface area contributed by atoms with Gasteiger partial charge in [0.25, 0.3) is 0 Å². The zero-order valence-electron chi connectivity index (χ0n) is 11.7. The second kappa shape index (κ2) is 5.10. The second-order valence-electron chi connectivity index (χ2n) is 6.10. The molecule has 0 aromatic carbocycles. The van der Waals surface area contributed by atoms with Crippen molar-refractivity contribution in [1.82, 2.24) is 10.4 Å². The number of fused-ring (bicyclic) bond motifs is 1. The zero-order valence-corrected chi connectivity index (χ0v) is 11.7. The van der Waals surface area contributed by atoms with Gasteiger partial charge < -0.3 is 4.74 Å². The lowest BCUT2D eigenvalue weighted by Gasteiger charge is -2.19. The van der Waals surface area contributed by atoms with Crippen molar-refractivity contribution >= 4 is 0 Å². The van der Waals surface area contributed by atoms with Crippen LogP contribution in [0.3, 0.4) is 0 Å². The Morgan fingerprint density at radius 3 is 2.68 bits per heavy atom. The third-order valence-electron chi connectivity index (χ3n) is 4.50. The van der Waals surface area contributed by atoms with Gasteiger partial charge in [0.15, 0.2) is 0 Å². The van der Waals surface area contributed by atoms with Crippen molar-refractivity contribution in [3.05, 3.63) is 24.0 Å². The van der Waals surface area contributed by atoms with Crippen LogP contribution < -0.4 is 16.0 Å². The molecule has 0 bridgehead atoms. The van der Waals surface area contributed by atoms with E-state index < -0.39 is 0 Å². The van der Waals surface area contributed by atoms with E-state index in [1.54, 1.807) is 6.20 Å². The predicted molar refractivity (Wildman–Crippen MR) is 74.4 cm³/mol. The fourth-order valence-electron chi connectivity index (χ4n) is 3.74. The summed E-state index contributed by atoms with van der Waals surface area (Å²) in [7, 11) is 0. The van der Waals surface area contributed by atoms with E-state index in [9.17, 15) is 0 Å². The molecule has 2 aliphatic carbocycles. The molecule has 1 aromatic rings. The lowest BCUT2D eigenvalue weighted by molar-refractivity contribution is 0.241. The van der Waals surface area contributed by atoms with Gasteiger partial charge in [-0.05, 0) is 56.1 Å². The molecule has 3 rings (SSSR count). The van der Waals surface area contributed by atoms with Crippen molar-refractivity contribution in [1.29, 1.82) is 0 Å². The first-order valence-corrected chi connectivity index (χ1v) is 7.28. The number of hydrazine groups is 1. The molecule has 1 aromatic heterocycles. The Balaban J connectivity index is 1.76. The van der Waals surface area contributed by atoms with Gasteiger partial charge in [-0.1, -0.05) is 6.42 Å². The fraction of sp³-hybridized carbons (Fsp3) is 0.667. The van der Waals surface area contributed by atoms with E-state index >= 15 is 0 Å². The SMILES string of the molecule is CC(C)Oc1cncc(C(NN)C2C3CCCC32)c1. The maximum atomic E-state index is 5.78. The molecule has 19 heavy (non-hydrogen) atoms. The van der Waals surface area contributed by atoms with Crippen LogP contribution in [0.5, 0.6) is 5.75 Å². The molecule has 1 heterocycles. The summed E-state index contributed by atoms with van der Waals surface area (Å²) in [5.74, 6) is 9.05. The van der Waals surface area contributed by atoms with Crippen LogP contribution in [-0.4, -0.2) is 11.1 Å². The van der Waals surface area contributed by atoms with Gasteiger partial charge in [-0.15, -0.1) is 0 Å². The summed E-state index contributed by atoms with van der Waals surface area (Å²) in [4.78, 5) is 4.29. The average Bonchev–Trinajstić information content (AvgIpc) is 2.84. The summed E-state index contributed by atoms with van der Waals surface area (Å²) < 4.78 is 5.71. The third-order valence-corrected chi connectivity index (χ3v) is 4.50. The lowest BCUT2D eigenvalue weighted by atomic mass is 9.99. The molecule has 3 unspecified atom stereocenters. The highest BCUT2D eigenvalue weighted by molar-refractivity contribution is 5.28. The highest BCUT2D eigenvalue weighted by Gasteiger charge is 2.56. The molecule has 2 aliphatic rings. The Labute approximate surface area is 114 Å². The second-order valence-corrected chi connectivity index (χ2v) is 6.10. The van der Waals surface area contributed by atoms with Crippen LogP contribution in [0.25, 0.3) is 0 Å². The normalized spacial score (nSPS) is 30.2. The minimum Gasteiger partial charge on any atom is -0.489 e. The first-order chi connectivity index (χ1) is 9.20. The van der Waals surface area contributed by atoms with Crippen LogP contribution in [0.2, 0.25) is 0 Å². The number of rotatable bonds is 5. The Hall–Kier alpha value is -1.13. The van der Waals surface area contributed by atoms with E-state index in [2.05, 4.69) is 16.5 Å². The predicted octanol–water partition coefficient (Wildman–Crippen LogP) is 2.42. The molecule has 0 amide bonds. The van der Waals surface area contributed by atoms with Gasteiger partial charge in [-0.25, -0.2) is 0 Å². The van der Waals surface area contributed by atoms with E-state index in [1.807, 2.05) is 20.0 Å². The third kappa shape index (κ3) is 2.47. The van der Waals surface area contributed by atoms with Crippen LogP contribution in [-0.2, 0) is 0 Å². The summed E-state index contributed by atoms with van der Waals surface area (Å²) in [6, 6.07) is 2.30. The van der Waals surface area contributed by atoms with Gasteiger partial charge in [0, 0.05) is 6.20 Å². The first kappa shape index (κ1) is 12.9. The average molecular weight is 261 g/mol. The number of nitrogens with two attached hydrogens (primary N) is 1. The minimum atomic E-state index is 0.168. The molecular formula is C15H23N3O. The Morgan fingerprint density at radius 2 is 2.05 bits per heavy atom. The van der Waals surface area contributed by atoms with Gasteiger partial charge in [0.1, 0.15) is 5.75 Å². The molecule has 0 spiro atoms. The van der Waals surface area contributed by atoms with Gasteiger partial charge in [-0.2, -0.15) is 0 Å². The maximum Gasteiger partial charge on any atom is 0.138 e. The van der Waals surface area contributed by atoms with Crippen molar-refractivity contribution in [2.45, 2.75) is 45.3 Å². The summed E-state index contributed by atoms with van der Waals surface area (Å²) in [6.07, 6.45) is 7.96. The smallest absolute Gasteiger partial charge is 0.138 e. The van der Waals surface area contributed by atoms with Gasteiger partial charge in [0.2, 0.25) is 0 Å². The zero-order chi connectivity index (χ0) is 13.4. The molecule has 3 atom stereocenters. The quantitative estimate of drug-likeness (QED) is 0.631. The van der Waals surface area contributed by atoms with E-state index in [1.165, 1.54) is 19.3 Å². The van der Waals surface area contributed by atoms with Crippen LogP contribution in [0.4, 0.5) is 0 Å². The highest BCUT2D eigenvalue weighted by Crippen LogP contribution is 2.62. The number of hydrogen-bond donors (Lipinski definition) is 2. The molecule has 4 heteroatoms. The molecule has 0 aliphatic heterocycles. The molecule has 0 saturated heterocycles. The van der Waals surface area contributed by atoms with E-state index in [0.29, 0.717) is 5.92 Å². The van der Waals surface area contributed by atoms with E-state index in [0.717, 1.165) is 23.1 Å². The van der Waals surface area contributed by atoms with Gasteiger partial charge in [0.05, 0.1) is 18.3 Å². The number of pyridine rings is 1. The minimum absolute atomic E-state index is 0.168. The number of nitrogens with one attached hydrogen (secondary N) is 1. The monoisotopic (exact) mass is 261 g/mol. The van der Waals surface area contributed by atoms with Crippen molar-refractivity contribution in [3.8, 4) is 5.75 Å². The van der Waals surface area contributed by atoms with Gasteiger partial charge in [-0.3, -0.25) is 16.3 Å². The Kier molecular flexibility index (Phi) is 3.46. The summed E-state index contributed by atoms with van der Waals surface area (Å²) in [5.41, 5.74) is 4.15.